The lowest BCUT2D eigenvalue weighted by molar-refractivity contribution is -0.147. The number of allylic oxidation sites excluding steroid dienone is 3. The lowest BCUT2D eigenvalue weighted by Gasteiger charge is -2.44. The number of hydrogen-bond donors (Lipinski definition) is 0. The summed E-state index contributed by atoms with van der Waals surface area (Å²) in [7, 11) is 1.32. The van der Waals surface area contributed by atoms with Gasteiger partial charge >= 0.3 is 11.9 Å². The molecule has 2 bridgehead atoms. The van der Waals surface area contributed by atoms with E-state index in [0.717, 1.165) is 19.3 Å². The number of methoxy groups -OCH3 is 1. The molecule has 0 saturated carbocycles. The van der Waals surface area contributed by atoms with E-state index in [-0.39, 0.29) is 25.0 Å². The van der Waals surface area contributed by atoms with Gasteiger partial charge in [0.1, 0.15) is 12.1 Å². The molecule has 1 heterocycles. The van der Waals surface area contributed by atoms with Crippen molar-refractivity contribution in [2.45, 2.75) is 38.7 Å². The lowest BCUT2D eigenvalue weighted by atomic mass is 9.70. The zero-order valence-corrected chi connectivity index (χ0v) is 16.4. The molecule has 27 heavy (non-hydrogen) atoms. The Morgan fingerprint density at radius 1 is 1.52 bits per heavy atom. The smallest absolute Gasteiger partial charge is 0.336 e. The molecule has 1 fully saturated rings. The summed E-state index contributed by atoms with van der Waals surface area (Å²) in [6.07, 6.45) is 9.79. The van der Waals surface area contributed by atoms with Gasteiger partial charge in [0.15, 0.2) is 0 Å². The van der Waals surface area contributed by atoms with Crippen LogP contribution in [0.5, 0.6) is 0 Å². The molecule has 0 amide bonds. The van der Waals surface area contributed by atoms with Crippen LogP contribution < -0.4 is 0 Å². The van der Waals surface area contributed by atoms with E-state index in [1.807, 2.05) is 13.0 Å². The first kappa shape index (κ1) is 21.1. The molecule has 0 aromatic carbocycles. The molecule has 0 radical (unpaired) electrons. The minimum absolute atomic E-state index is 0.0847. The minimum atomic E-state index is -0.738. The van der Waals surface area contributed by atoms with E-state index in [1.165, 1.54) is 7.11 Å². The third kappa shape index (κ3) is 5.39. The summed E-state index contributed by atoms with van der Waals surface area (Å²) in [6, 6.07) is 0. The van der Waals surface area contributed by atoms with Gasteiger partial charge in [-0.3, -0.25) is 9.79 Å². The number of ether oxygens (including phenoxy) is 3. The molecule has 0 aromatic rings. The van der Waals surface area contributed by atoms with Crippen molar-refractivity contribution in [3.8, 4) is 0 Å². The number of carbonyl (C=O) groups excluding carboxylic acids is 2. The minimum Gasteiger partial charge on any atom is -0.468 e. The predicted octanol–water partition coefficient (Wildman–Crippen LogP) is 3.04. The second kappa shape index (κ2) is 9.65. The van der Waals surface area contributed by atoms with Crippen LogP contribution in [0.15, 0.2) is 41.4 Å². The van der Waals surface area contributed by atoms with Crippen molar-refractivity contribution >= 4 is 17.7 Å². The number of cyclic esters (lactones) is 1. The Bertz CT molecular complexity index is 663. The molecular formula is C21H29NO5. The molecule has 1 aliphatic heterocycles. The van der Waals surface area contributed by atoms with E-state index in [9.17, 15) is 9.59 Å². The van der Waals surface area contributed by atoms with Crippen LogP contribution in [0.25, 0.3) is 0 Å². The number of fused-ring (bicyclic) bond motifs is 2. The van der Waals surface area contributed by atoms with Gasteiger partial charge in [-0.25, -0.2) is 4.79 Å². The summed E-state index contributed by atoms with van der Waals surface area (Å²) in [6.45, 7) is 8.25. The first-order valence-electron chi connectivity index (χ1n) is 9.33. The summed E-state index contributed by atoms with van der Waals surface area (Å²) < 4.78 is 16.3. The standard InChI is InChI=1S/C21H29NO5/c1-5-6-9-17(22-13-19(23)25-4)14-27-21(3)16-8-7-10-26-20(24)18(21)12-15(2)11-16/h5-6,9,12,15-16H,1,7-8,10-11,13-14H2,2-4H3/b9-6-,22-17?/t15?,16?,21-/m0/s1. The number of nitrogens with zero attached hydrogens (tertiary/aromatic N) is 1. The lowest BCUT2D eigenvalue weighted by Crippen LogP contribution is -2.48. The van der Waals surface area contributed by atoms with Gasteiger partial charge in [-0.2, -0.15) is 0 Å². The van der Waals surface area contributed by atoms with Crippen LogP contribution >= 0.6 is 0 Å². The van der Waals surface area contributed by atoms with E-state index in [0.29, 0.717) is 23.8 Å². The second-order valence-electron chi connectivity index (χ2n) is 7.14. The zero-order valence-electron chi connectivity index (χ0n) is 16.4. The monoisotopic (exact) mass is 375 g/mol. The molecule has 2 rings (SSSR count). The fraction of sp³-hybridized carbons (Fsp3) is 0.571. The molecule has 0 aromatic heterocycles. The van der Waals surface area contributed by atoms with Crippen molar-refractivity contribution in [1.82, 2.24) is 0 Å². The summed E-state index contributed by atoms with van der Waals surface area (Å²) in [5.74, 6) is -0.192. The van der Waals surface area contributed by atoms with Gasteiger partial charge in [-0.05, 0) is 44.1 Å². The molecule has 1 saturated heterocycles. The maximum atomic E-state index is 12.5. The fourth-order valence-electron chi connectivity index (χ4n) is 3.62. The topological polar surface area (TPSA) is 74.2 Å². The molecule has 0 spiro atoms. The van der Waals surface area contributed by atoms with Crippen molar-refractivity contribution < 1.29 is 23.8 Å². The Morgan fingerprint density at radius 3 is 3.00 bits per heavy atom. The van der Waals surface area contributed by atoms with Crippen LogP contribution in [0.2, 0.25) is 0 Å². The first-order valence-corrected chi connectivity index (χ1v) is 9.33. The Balaban J connectivity index is 2.23. The quantitative estimate of drug-likeness (QED) is 0.388. The molecule has 3 atom stereocenters. The summed E-state index contributed by atoms with van der Waals surface area (Å²) >= 11 is 0. The summed E-state index contributed by atoms with van der Waals surface area (Å²) in [4.78, 5) is 28.2. The van der Waals surface area contributed by atoms with Crippen LogP contribution in [0.4, 0.5) is 0 Å². The van der Waals surface area contributed by atoms with Crippen molar-refractivity contribution in [2.24, 2.45) is 16.8 Å². The van der Waals surface area contributed by atoms with Gasteiger partial charge in [0, 0.05) is 0 Å². The number of hydrogen-bond acceptors (Lipinski definition) is 6. The van der Waals surface area contributed by atoms with Crippen LogP contribution in [-0.4, -0.2) is 50.1 Å². The molecule has 6 nitrogen and oxygen atoms in total. The van der Waals surface area contributed by atoms with Crippen LogP contribution in [0.3, 0.4) is 0 Å². The highest BCUT2D eigenvalue weighted by atomic mass is 16.5. The Morgan fingerprint density at radius 2 is 2.30 bits per heavy atom. The average molecular weight is 375 g/mol. The van der Waals surface area contributed by atoms with Gasteiger partial charge < -0.3 is 14.2 Å². The Kier molecular flexibility index (Phi) is 7.54. The van der Waals surface area contributed by atoms with Crippen LogP contribution in [0.1, 0.15) is 33.1 Å². The van der Waals surface area contributed by atoms with Crippen molar-refractivity contribution in [3.05, 3.63) is 36.5 Å². The van der Waals surface area contributed by atoms with E-state index in [4.69, 9.17) is 9.47 Å². The Hall–Kier alpha value is -2.21. The molecule has 0 N–H and O–H groups in total. The Labute approximate surface area is 161 Å². The van der Waals surface area contributed by atoms with Crippen molar-refractivity contribution in [2.75, 3.05) is 26.9 Å². The van der Waals surface area contributed by atoms with E-state index in [1.54, 1.807) is 18.2 Å². The second-order valence-corrected chi connectivity index (χ2v) is 7.14. The highest BCUT2D eigenvalue weighted by Crippen LogP contribution is 2.43. The van der Waals surface area contributed by atoms with Crippen LogP contribution in [-0.2, 0) is 23.8 Å². The summed E-state index contributed by atoms with van der Waals surface area (Å²) in [5.41, 5.74) is 0.438. The zero-order chi connectivity index (χ0) is 19.9. The molecule has 6 heteroatoms. The van der Waals surface area contributed by atoms with Gasteiger partial charge in [-0.1, -0.05) is 31.7 Å². The highest BCUT2D eigenvalue weighted by Gasteiger charge is 2.46. The molecule has 2 aliphatic rings. The van der Waals surface area contributed by atoms with Gasteiger partial charge in [0.2, 0.25) is 0 Å². The van der Waals surface area contributed by atoms with Gasteiger partial charge in [0.05, 0.1) is 31.6 Å². The normalized spacial score (nSPS) is 28.8. The van der Waals surface area contributed by atoms with E-state index in [2.05, 4.69) is 23.2 Å². The average Bonchev–Trinajstić information content (AvgIpc) is 2.66. The number of esters is 2. The molecular weight excluding hydrogens is 346 g/mol. The largest absolute Gasteiger partial charge is 0.468 e. The summed E-state index contributed by atoms with van der Waals surface area (Å²) in [5, 5.41) is 0. The fourth-order valence-corrected chi connectivity index (χ4v) is 3.62. The third-order valence-corrected chi connectivity index (χ3v) is 5.15. The SMILES string of the molecule is C=C/C=C\C(CO[C@]1(C)C2=CC(C)CC1CCCOC2=O)=NCC(=O)OC. The van der Waals surface area contributed by atoms with Crippen molar-refractivity contribution in [3.63, 3.8) is 0 Å². The van der Waals surface area contributed by atoms with E-state index < -0.39 is 11.6 Å². The molecule has 1 aliphatic carbocycles. The first-order chi connectivity index (χ1) is 12.9. The van der Waals surface area contributed by atoms with Gasteiger partial charge in [-0.15, -0.1) is 0 Å². The van der Waals surface area contributed by atoms with Gasteiger partial charge in [0.25, 0.3) is 0 Å². The van der Waals surface area contributed by atoms with E-state index >= 15 is 0 Å². The van der Waals surface area contributed by atoms with Crippen molar-refractivity contribution in [1.29, 1.82) is 0 Å². The highest BCUT2D eigenvalue weighted by molar-refractivity contribution is 5.97. The van der Waals surface area contributed by atoms with Crippen LogP contribution in [0, 0.1) is 11.8 Å². The third-order valence-electron chi connectivity index (χ3n) is 5.15. The number of aliphatic imine (C=N–C) groups is 1. The maximum absolute atomic E-state index is 12.5. The molecule has 2 unspecified atom stereocenters. The number of rotatable bonds is 7. The molecule has 148 valence electrons. The predicted molar refractivity (Wildman–Crippen MR) is 104 cm³/mol. The number of carbonyl (C=O) groups is 2. The maximum Gasteiger partial charge on any atom is 0.336 e.